The van der Waals surface area contributed by atoms with Crippen LogP contribution >= 0.6 is 0 Å². The molecule has 18 heavy (non-hydrogen) atoms. The van der Waals surface area contributed by atoms with Crippen LogP contribution in [0.15, 0.2) is 23.1 Å². The molecule has 0 aliphatic heterocycles. The highest BCUT2D eigenvalue weighted by atomic mass is 19.4. The summed E-state index contributed by atoms with van der Waals surface area (Å²) in [7, 11) is 0. The second-order valence-corrected chi connectivity index (χ2v) is 3.42. The van der Waals surface area contributed by atoms with E-state index in [9.17, 15) is 22.8 Å². The molecule has 0 aromatic carbocycles. The Morgan fingerprint density at radius 3 is 2.61 bits per heavy atom. The Labute approximate surface area is 99.4 Å². The highest BCUT2D eigenvalue weighted by molar-refractivity contribution is 5.87. The minimum absolute atomic E-state index is 0.120. The number of aromatic carboxylic acids is 1. The number of pyridine rings is 1. The quantitative estimate of drug-likeness (QED) is 0.810. The molecule has 1 aromatic rings. The topological polar surface area (TPSA) is 68.5 Å². The molecule has 0 spiro atoms. The summed E-state index contributed by atoms with van der Waals surface area (Å²) in [6.45, 7) is -1.88. The number of carboxylic acids is 1. The smallest absolute Gasteiger partial charge is 0.411 e. The zero-order chi connectivity index (χ0) is 13.8. The van der Waals surface area contributed by atoms with Gasteiger partial charge < -0.3 is 14.4 Å². The van der Waals surface area contributed by atoms with E-state index in [1.165, 1.54) is 0 Å². The van der Waals surface area contributed by atoms with E-state index in [0.717, 1.165) is 22.9 Å². The first-order chi connectivity index (χ1) is 8.29. The monoisotopic (exact) mass is 265 g/mol. The lowest BCUT2D eigenvalue weighted by molar-refractivity contribution is -0.174. The minimum Gasteiger partial charge on any atom is -0.478 e. The van der Waals surface area contributed by atoms with Gasteiger partial charge in [-0.25, -0.2) is 4.79 Å². The molecule has 1 N–H and O–H groups in total. The van der Waals surface area contributed by atoms with Crippen molar-refractivity contribution in [3.63, 3.8) is 0 Å². The second kappa shape index (κ2) is 5.67. The van der Waals surface area contributed by atoms with Gasteiger partial charge in [-0.15, -0.1) is 0 Å². The number of hydrogen-bond acceptors (Lipinski definition) is 3. The Bertz CT molecular complexity index is 481. The molecule has 0 atom stereocenters. The summed E-state index contributed by atoms with van der Waals surface area (Å²) in [6, 6.07) is 2.16. The van der Waals surface area contributed by atoms with Crippen LogP contribution in [0.25, 0.3) is 0 Å². The molecule has 0 saturated heterocycles. The minimum atomic E-state index is -4.42. The second-order valence-electron chi connectivity index (χ2n) is 3.42. The number of alkyl halides is 3. The van der Waals surface area contributed by atoms with Gasteiger partial charge >= 0.3 is 12.1 Å². The van der Waals surface area contributed by atoms with E-state index in [2.05, 4.69) is 4.74 Å². The lowest BCUT2D eigenvalue weighted by Gasteiger charge is -2.09. The van der Waals surface area contributed by atoms with E-state index in [4.69, 9.17) is 5.11 Å². The molecule has 8 heteroatoms. The number of aromatic nitrogens is 1. The Morgan fingerprint density at radius 2 is 2.06 bits per heavy atom. The predicted molar refractivity (Wildman–Crippen MR) is 54.5 cm³/mol. The van der Waals surface area contributed by atoms with E-state index >= 15 is 0 Å². The van der Waals surface area contributed by atoms with Crippen molar-refractivity contribution in [3.05, 3.63) is 34.2 Å². The van der Waals surface area contributed by atoms with Crippen LogP contribution in [0.4, 0.5) is 13.2 Å². The number of carbonyl (C=O) groups is 1. The molecule has 1 aromatic heterocycles. The van der Waals surface area contributed by atoms with Gasteiger partial charge in [0.05, 0.1) is 12.2 Å². The fourth-order valence-electron chi connectivity index (χ4n) is 1.18. The highest BCUT2D eigenvalue weighted by Crippen LogP contribution is 2.14. The van der Waals surface area contributed by atoms with Crippen LogP contribution in [0.5, 0.6) is 0 Å². The van der Waals surface area contributed by atoms with Gasteiger partial charge in [0.2, 0.25) is 0 Å². The Balaban J connectivity index is 2.59. The molecule has 0 amide bonds. The van der Waals surface area contributed by atoms with Crippen LogP contribution in [-0.2, 0) is 11.3 Å². The van der Waals surface area contributed by atoms with Gasteiger partial charge in [-0.2, -0.15) is 13.2 Å². The summed E-state index contributed by atoms with van der Waals surface area (Å²) in [5.41, 5.74) is -0.624. The van der Waals surface area contributed by atoms with Crippen LogP contribution in [-0.4, -0.2) is 35.0 Å². The van der Waals surface area contributed by atoms with Gasteiger partial charge in [0, 0.05) is 18.8 Å². The number of carboxylic acid groups (broad SMARTS) is 1. The van der Waals surface area contributed by atoms with Crippen LogP contribution in [0.2, 0.25) is 0 Å². The molecule has 1 rings (SSSR count). The standard InChI is InChI=1S/C10H10F3NO4/c11-10(12,13)6-18-4-3-14-5-7(9(16)17)1-2-8(14)15/h1-2,5H,3-4,6H2,(H,16,17). The van der Waals surface area contributed by atoms with Gasteiger partial charge in [0.25, 0.3) is 5.56 Å². The van der Waals surface area contributed by atoms with Crippen LogP contribution in [0.3, 0.4) is 0 Å². The van der Waals surface area contributed by atoms with Crippen molar-refractivity contribution in [2.24, 2.45) is 0 Å². The highest BCUT2D eigenvalue weighted by Gasteiger charge is 2.27. The van der Waals surface area contributed by atoms with Crippen LogP contribution in [0.1, 0.15) is 10.4 Å². The summed E-state index contributed by atoms with van der Waals surface area (Å²) in [5.74, 6) is -1.22. The number of ether oxygens (including phenoxy) is 1. The van der Waals surface area contributed by atoms with Crippen molar-refractivity contribution in [3.8, 4) is 0 Å². The molecule has 5 nitrogen and oxygen atoms in total. The summed E-state index contributed by atoms with van der Waals surface area (Å²) in [4.78, 5) is 21.9. The van der Waals surface area contributed by atoms with Crippen molar-refractivity contribution in [2.45, 2.75) is 12.7 Å². The number of nitrogens with zero attached hydrogens (tertiary/aromatic N) is 1. The first-order valence-corrected chi connectivity index (χ1v) is 4.88. The summed E-state index contributed by atoms with van der Waals surface area (Å²) < 4.78 is 40.6. The number of hydrogen-bond donors (Lipinski definition) is 1. The molecule has 0 aliphatic rings. The summed E-state index contributed by atoms with van der Waals surface area (Å²) in [6.07, 6.45) is -3.37. The van der Waals surface area contributed by atoms with Gasteiger partial charge in [0.1, 0.15) is 6.61 Å². The fourth-order valence-corrected chi connectivity index (χ4v) is 1.18. The normalized spacial score (nSPS) is 11.5. The van der Waals surface area contributed by atoms with Crippen molar-refractivity contribution in [2.75, 3.05) is 13.2 Å². The molecule has 0 radical (unpaired) electrons. The maximum absolute atomic E-state index is 11.8. The van der Waals surface area contributed by atoms with Gasteiger partial charge in [-0.1, -0.05) is 0 Å². The van der Waals surface area contributed by atoms with Gasteiger partial charge in [0.15, 0.2) is 0 Å². The zero-order valence-electron chi connectivity index (χ0n) is 9.11. The van der Waals surface area contributed by atoms with Crippen LogP contribution in [0, 0.1) is 0 Å². The van der Waals surface area contributed by atoms with E-state index in [-0.39, 0.29) is 18.7 Å². The van der Waals surface area contributed by atoms with Crippen molar-refractivity contribution < 1.29 is 27.8 Å². The summed E-state index contributed by atoms with van der Waals surface area (Å²) in [5, 5.41) is 8.68. The molecular weight excluding hydrogens is 255 g/mol. The number of rotatable bonds is 5. The molecule has 1 heterocycles. The maximum atomic E-state index is 11.8. The van der Waals surface area contributed by atoms with E-state index in [1.54, 1.807) is 0 Å². The summed E-state index contributed by atoms with van der Waals surface area (Å²) >= 11 is 0. The third kappa shape index (κ3) is 4.58. The average Bonchev–Trinajstić information content (AvgIpc) is 2.24. The van der Waals surface area contributed by atoms with E-state index < -0.39 is 24.3 Å². The molecule has 0 saturated carbocycles. The molecule has 0 unspecified atom stereocenters. The lowest BCUT2D eigenvalue weighted by Crippen LogP contribution is -2.24. The van der Waals surface area contributed by atoms with E-state index in [0.29, 0.717) is 0 Å². The average molecular weight is 265 g/mol. The zero-order valence-corrected chi connectivity index (χ0v) is 9.11. The van der Waals surface area contributed by atoms with Gasteiger partial charge in [-0.05, 0) is 6.07 Å². The van der Waals surface area contributed by atoms with Crippen molar-refractivity contribution >= 4 is 5.97 Å². The maximum Gasteiger partial charge on any atom is 0.411 e. The predicted octanol–water partition coefficient (Wildman–Crippen LogP) is 1.13. The van der Waals surface area contributed by atoms with Crippen molar-refractivity contribution in [1.82, 2.24) is 4.57 Å². The van der Waals surface area contributed by atoms with Gasteiger partial charge in [-0.3, -0.25) is 4.79 Å². The lowest BCUT2D eigenvalue weighted by atomic mass is 10.3. The molecule has 0 bridgehead atoms. The van der Waals surface area contributed by atoms with E-state index in [1.807, 2.05) is 0 Å². The largest absolute Gasteiger partial charge is 0.478 e. The third-order valence-corrected chi connectivity index (χ3v) is 1.97. The molecular formula is C10H10F3NO4. The SMILES string of the molecule is O=C(O)c1ccc(=O)n(CCOCC(F)(F)F)c1. The molecule has 100 valence electrons. The number of halogens is 3. The molecule has 0 aliphatic carbocycles. The first kappa shape index (κ1) is 14.2. The fraction of sp³-hybridized carbons (Fsp3) is 0.400. The Morgan fingerprint density at radius 1 is 1.39 bits per heavy atom. The third-order valence-electron chi connectivity index (χ3n) is 1.97. The Hall–Kier alpha value is -1.83. The molecule has 0 fully saturated rings. The van der Waals surface area contributed by atoms with Crippen LogP contribution < -0.4 is 5.56 Å². The first-order valence-electron chi connectivity index (χ1n) is 4.88. The Kier molecular flexibility index (Phi) is 4.49. The van der Waals surface area contributed by atoms with Crippen molar-refractivity contribution in [1.29, 1.82) is 0 Å².